The molecule has 0 bridgehead atoms. The fraction of sp³-hybridized carbons (Fsp3) is 0.500. The van der Waals surface area contributed by atoms with Crippen LogP contribution in [-0.4, -0.2) is 23.8 Å². The molecule has 1 heterocycles. The van der Waals surface area contributed by atoms with Gasteiger partial charge in [-0.25, -0.2) is 0 Å². The van der Waals surface area contributed by atoms with Gasteiger partial charge >= 0.3 is 0 Å². The molecule has 2 fully saturated rings. The van der Waals surface area contributed by atoms with E-state index in [4.69, 9.17) is 4.74 Å². The van der Waals surface area contributed by atoms with Gasteiger partial charge in [-0.3, -0.25) is 9.59 Å². The van der Waals surface area contributed by atoms with Crippen molar-refractivity contribution in [2.75, 3.05) is 0 Å². The van der Waals surface area contributed by atoms with Gasteiger partial charge in [-0.1, -0.05) is 6.08 Å². The molecule has 0 aromatic carbocycles. The first-order chi connectivity index (χ1) is 8.27. The summed E-state index contributed by atoms with van der Waals surface area (Å²) in [7, 11) is 0. The highest BCUT2D eigenvalue weighted by Crippen LogP contribution is 2.54. The van der Waals surface area contributed by atoms with Crippen molar-refractivity contribution in [3.63, 3.8) is 0 Å². The molecule has 4 aliphatic rings. The molecule has 3 nitrogen and oxygen atoms in total. The van der Waals surface area contributed by atoms with Crippen molar-refractivity contribution in [2.24, 2.45) is 23.7 Å². The summed E-state index contributed by atoms with van der Waals surface area (Å²) < 4.78 is 5.69. The number of carbonyl (C=O) groups is 2. The van der Waals surface area contributed by atoms with Crippen molar-refractivity contribution >= 4 is 11.6 Å². The molecule has 6 atom stereocenters. The number of epoxide rings is 1. The van der Waals surface area contributed by atoms with Gasteiger partial charge < -0.3 is 4.74 Å². The van der Waals surface area contributed by atoms with Gasteiger partial charge in [0.15, 0.2) is 11.6 Å². The third kappa shape index (κ3) is 1.16. The van der Waals surface area contributed by atoms with Crippen LogP contribution in [0.3, 0.4) is 0 Å². The standard InChI is InChI=1S/C14H12O3/c15-9-5-1-3-7-11(9)12-8(14-13(7)17-14)4-2-6-10(12)16/h1,4-8,11-14H,3H2/t7-,8-,11+,12+,13+,14?/m1/s1. The highest BCUT2D eigenvalue weighted by Gasteiger charge is 2.62. The van der Waals surface area contributed by atoms with E-state index in [1.807, 2.05) is 12.2 Å². The van der Waals surface area contributed by atoms with Gasteiger partial charge in [0.1, 0.15) is 0 Å². The Labute approximate surface area is 98.8 Å². The second-order valence-electron chi connectivity index (χ2n) is 5.28. The summed E-state index contributed by atoms with van der Waals surface area (Å²) in [6, 6.07) is 0. The molecule has 86 valence electrons. The van der Waals surface area contributed by atoms with E-state index in [2.05, 4.69) is 5.73 Å². The summed E-state index contributed by atoms with van der Waals surface area (Å²) in [5.74, 6) is 0.0439. The van der Waals surface area contributed by atoms with E-state index in [0.29, 0.717) is 0 Å². The molecule has 0 radical (unpaired) electrons. The van der Waals surface area contributed by atoms with Gasteiger partial charge in [0.2, 0.25) is 0 Å². The maximum Gasteiger partial charge on any atom is 0.167 e. The second-order valence-corrected chi connectivity index (χ2v) is 5.28. The number of rotatable bonds is 0. The minimum absolute atomic E-state index is 0.0464. The van der Waals surface area contributed by atoms with Gasteiger partial charge in [-0.2, -0.15) is 0 Å². The average molecular weight is 228 g/mol. The number of allylic oxidation sites excluding steroid dienone is 2. The maximum absolute atomic E-state index is 12.1. The Balaban J connectivity index is 1.82. The lowest BCUT2D eigenvalue weighted by Crippen LogP contribution is -2.47. The van der Waals surface area contributed by atoms with Crippen molar-refractivity contribution in [3.05, 3.63) is 30.0 Å². The van der Waals surface area contributed by atoms with Crippen LogP contribution in [0.2, 0.25) is 0 Å². The Hall–Kier alpha value is -1.44. The summed E-state index contributed by atoms with van der Waals surface area (Å²) in [6.07, 6.45) is 8.13. The third-order valence-electron chi connectivity index (χ3n) is 4.49. The lowest BCUT2D eigenvalue weighted by Gasteiger charge is -2.38. The van der Waals surface area contributed by atoms with Crippen LogP contribution in [0.25, 0.3) is 0 Å². The van der Waals surface area contributed by atoms with Crippen LogP contribution in [0.15, 0.2) is 30.0 Å². The number of ether oxygens (including phenoxy) is 1. The highest BCUT2D eigenvalue weighted by atomic mass is 16.6. The first kappa shape index (κ1) is 9.58. The van der Waals surface area contributed by atoms with Crippen molar-refractivity contribution in [1.82, 2.24) is 0 Å². The summed E-state index contributed by atoms with van der Waals surface area (Å²) >= 11 is 0. The van der Waals surface area contributed by atoms with Crippen LogP contribution in [0.1, 0.15) is 6.42 Å². The minimum Gasteiger partial charge on any atom is -0.369 e. The van der Waals surface area contributed by atoms with E-state index in [1.54, 1.807) is 6.08 Å². The van der Waals surface area contributed by atoms with Crippen molar-refractivity contribution in [3.8, 4) is 0 Å². The monoisotopic (exact) mass is 228 g/mol. The smallest absolute Gasteiger partial charge is 0.167 e. The molecule has 0 N–H and O–H groups in total. The Morgan fingerprint density at radius 1 is 1.18 bits per heavy atom. The van der Waals surface area contributed by atoms with Crippen LogP contribution in [-0.2, 0) is 14.3 Å². The predicted octanol–water partition coefficient (Wildman–Crippen LogP) is 1.06. The molecule has 1 saturated carbocycles. The zero-order valence-corrected chi connectivity index (χ0v) is 9.21. The molecule has 3 heteroatoms. The normalized spacial score (nSPS) is 49.6. The lowest BCUT2D eigenvalue weighted by molar-refractivity contribution is -0.132. The maximum atomic E-state index is 12.1. The van der Waals surface area contributed by atoms with Crippen LogP contribution >= 0.6 is 0 Å². The summed E-state index contributed by atoms with van der Waals surface area (Å²) in [5.41, 5.74) is 2.89. The van der Waals surface area contributed by atoms with E-state index in [-0.39, 0.29) is 47.4 Å². The quantitative estimate of drug-likeness (QED) is 0.460. The van der Waals surface area contributed by atoms with Crippen LogP contribution in [0.4, 0.5) is 0 Å². The molecule has 0 amide bonds. The lowest BCUT2D eigenvalue weighted by atomic mass is 9.60. The van der Waals surface area contributed by atoms with Crippen molar-refractivity contribution < 1.29 is 14.3 Å². The first-order valence-electron chi connectivity index (χ1n) is 6.09. The molecule has 17 heavy (non-hydrogen) atoms. The largest absolute Gasteiger partial charge is 0.369 e. The molecular weight excluding hydrogens is 216 g/mol. The van der Waals surface area contributed by atoms with Gasteiger partial charge in [-0.05, 0) is 18.6 Å². The number of hydrogen-bond acceptors (Lipinski definition) is 3. The van der Waals surface area contributed by atoms with Crippen molar-refractivity contribution in [2.45, 2.75) is 18.6 Å². The van der Waals surface area contributed by atoms with Crippen molar-refractivity contribution in [1.29, 1.82) is 0 Å². The van der Waals surface area contributed by atoms with Gasteiger partial charge in [0, 0.05) is 29.7 Å². The molecule has 0 aromatic rings. The number of hydrogen-bond donors (Lipinski definition) is 0. The van der Waals surface area contributed by atoms with Crippen LogP contribution in [0, 0.1) is 23.7 Å². The fourth-order valence-corrected chi connectivity index (χ4v) is 3.73. The second kappa shape index (κ2) is 3.06. The third-order valence-corrected chi connectivity index (χ3v) is 4.49. The predicted molar refractivity (Wildman–Crippen MR) is 59.0 cm³/mol. The molecule has 0 spiro atoms. The zero-order valence-electron chi connectivity index (χ0n) is 9.21. The SMILES string of the molecule is O=C1C=CC[C@@H]2[C@@H]1[C@@H]1C(=O)C=C=C[C@H]1C1O[C@H]12. The Morgan fingerprint density at radius 3 is 2.94 bits per heavy atom. The van der Waals surface area contributed by atoms with E-state index in [1.165, 1.54) is 6.08 Å². The molecule has 1 unspecified atom stereocenters. The van der Waals surface area contributed by atoms with Crippen LogP contribution in [0.5, 0.6) is 0 Å². The molecule has 1 aliphatic heterocycles. The van der Waals surface area contributed by atoms with Gasteiger partial charge in [-0.15, -0.1) is 5.73 Å². The number of fused-ring (bicyclic) bond motifs is 6. The Kier molecular flexibility index (Phi) is 1.73. The Morgan fingerprint density at radius 2 is 2.06 bits per heavy atom. The van der Waals surface area contributed by atoms with E-state index in [9.17, 15) is 9.59 Å². The highest BCUT2D eigenvalue weighted by molar-refractivity contribution is 6.01. The summed E-state index contributed by atoms with van der Waals surface area (Å²) in [6.45, 7) is 0. The molecule has 3 aliphatic carbocycles. The molecular formula is C14H12O3. The Bertz CT molecular complexity index is 510. The summed E-state index contributed by atoms with van der Waals surface area (Å²) in [4.78, 5) is 24.1. The number of ketones is 2. The number of carbonyl (C=O) groups excluding carboxylic acids is 2. The van der Waals surface area contributed by atoms with E-state index < -0.39 is 0 Å². The van der Waals surface area contributed by atoms with Gasteiger partial charge in [0.25, 0.3) is 0 Å². The van der Waals surface area contributed by atoms with E-state index in [0.717, 1.165) is 6.42 Å². The molecule has 4 rings (SSSR count). The molecule has 0 aromatic heterocycles. The molecule has 1 saturated heterocycles. The minimum atomic E-state index is -0.206. The zero-order chi connectivity index (χ0) is 11.6. The van der Waals surface area contributed by atoms with Gasteiger partial charge in [0.05, 0.1) is 12.2 Å². The van der Waals surface area contributed by atoms with E-state index >= 15 is 0 Å². The van der Waals surface area contributed by atoms with Crippen LogP contribution < -0.4 is 0 Å². The fourth-order valence-electron chi connectivity index (χ4n) is 3.73. The topological polar surface area (TPSA) is 46.7 Å². The first-order valence-corrected chi connectivity index (χ1v) is 6.09. The average Bonchev–Trinajstić information content (AvgIpc) is 3.10. The summed E-state index contributed by atoms with van der Waals surface area (Å²) in [5, 5.41) is 0.